The minimum absolute atomic E-state index is 0.102. The van der Waals surface area contributed by atoms with Crippen LogP contribution in [0.1, 0.15) is 20.3 Å². The summed E-state index contributed by atoms with van der Waals surface area (Å²) in [6, 6.07) is 0. The Morgan fingerprint density at radius 2 is 2.17 bits per heavy atom. The first-order valence-corrected chi connectivity index (χ1v) is 3.73. The van der Waals surface area contributed by atoms with Crippen molar-refractivity contribution >= 4 is 17.6 Å². The highest BCUT2D eigenvalue weighted by Gasteiger charge is 2.17. The third-order valence-electron chi connectivity index (χ3n) is 1.49. The molecule has 1 aliphatic heterocycles. The molecule has 5 heteroatoms. The predicted molar refractivity (Wildman–Crippen MR) is 43.3 cm³/mol. The van der Waals surface area contributed by atoms with E-state index in [4.69, 9.17) is 0 Å². The Bertz CT molecular complexity index is 247. The van der Waals surface area contributed by atoms with Gasteiger partial charge < -0.3 is 5.32 Å². The van der Waals surface area contributed by atoms with Crippen molar-refractivity contribution in [3.05, 3.63) is 0 Å². The number of amides is 2. The van der Waals surface area contributed by atoms with E-state index < -0.39 is 0 Å². The van der Waals surface area contributed by atoms with E-state index in [-0.39, 0.29) is 11.8 Å². The minimum atomic E-state index is -0.154. The highest BCUT2D eigenvalue weighted by molar-refractivity contribution is 5.98. The number of hydrazone groups is 1. The van der Waals surface area contributed by atoms with Crippen LogP contribution in [-0.4, -0.2) is 29.2 Å². The molecule has 2 amide bonds. The average Bonchev–Trinajstić information content (AvgIpc) is 2.34. The van der Waals surface area contributed by atoms with Gasteiger partial charge in [-0.3, -0.25) is 9.59 Å². The van der Waals surface area contributed by atoms with Gasteiger partial charge in [0.1, 0.15) is 5.84 Å². The summed E-state index contributed by atoms with van der Waals surface area (Å²) in [6.07, 6.45) is 0.624. The largest absolute Gasteiger partial charge is 0.313 e. The molecule has 0 unspecified atom stereocenters. The molecule has 1 heterocycles. The second kappa shape index (κ2) is 3.34. The smallest absolute Gasteiger partial charge is 0.239 e. The molecular weight excluding hydrogens is 158 g/mol. The van der Waals surface area contributed by atoms with E-state index in [0.717, 1.165) is 0 Å². The quantitative estimate of drug-likeness (QED) is 0.540. The average molecular weight is 169 g/mol. The zero-order valence-corrected chi connectivity index (χ0v) is 7.13. The number of hydrogen-bond acceptors (Lipinski definition) is 3. The summed E-state index contributed by atoms with van der Waals surface area (Å²) in [5, 5.41) is 7.78. The summed E-state index contributed by atoms with van der Waals surface area (Å²) >= 11 is 0. The highest BCUT2D eigenvalue weighted by atomic mass is 16.2. The fourth-order valence-corrected chi connectivity index (χ4v) is 0.976. The van der Waals surface area contributed by atoms with E-state index >= 15 is 0 Å². The van der Waals surface area contributed by atoms with E-state index in [1.54, 1.807) is 0 Å². The summed E-state index contributed by atoms with van der Waals surface area (Å²) in [7, 11) is 0. The van der Waals surface area contributed by atoms with Gasteiger partial charge >= 0.3 is 0 Å². The van der Waals surface area contributed by atoms with Crippen LogP contribution in [0.4, 0.5) is 0 Å². The van der Waals surface area contributed by atoms with Gasteiger partial charge in [-0.2, -0.15) is 5.10 Å². The molecule has 0 saturated carbocycles. The fraction of sp³-hybridized carbons (Fsp3) is 0.571. The number of carbonyl (C=O) groups excluding carboxylic acids is 2. The standard InChI is InChI=1S/C7H11N3O2/c1-5(11)8-7-3-4-10(9-7)6(2)12/h3-4H2,1-2H3,(H,8,9,11). The van der Waals surface area contributed by atoms with Crippen molar-refractivity contribution in [3.8, 4) is 0 Å². The number of hydrogen-bond donors (Lipinski definition) is 1. The molecule has 0 aromatic heterocycles. The van der Waals surface area contributed by atoms with Crippen molar-refractivity contribution < 1.29 is 9.59 Å². The first kappa shape index (κ1) is 8.70. The molecule has 0 atom stereocenters. The zero-order chi connectivity index (χ0) is 9.14. The van der Waals surface area contributed by atoms with Crippen LogP contribution in [0.5, 0.6) is 0 Å². The molecule has 0 saturated heterocycles. The fourth-order valence-electron chi connectivity index (χ4n) is 0.976. The molecule has 12 heavy (non-hydrogen) atoms. The summed E-state index contributed by atoms with van der Waals surface area (Å²) in [4.78, 5) is 21.4. The Balaban J connectivity index is 2.54. The molecule has 0 fully saturated rings. The van der Waals surface area contributed by atoms with Crippen LogP contribution in [0, 0.1) is 0 Å². The summed E-state index contributed by atoms with van der Waals surface area (Å²) in [5.41, 5.74) is 0. The van der Waals surface area contributed by atoms with Crippen LogP contribution in [0.2, 0.25) is 0 Å². The predicted octanol–water partition coefficient (Wildman–Crippen LogP) is -0.312. The van der Waals surface area contributed by atoms with E-state index in [2.05, 4.69) is 10.4 Å². The normalized spacial score (nSPS) is 15.8. The lowest BCUT2D eigenvalue weighted by atomic mass is 10.4. The maximum Gasteiger partial charge on any atom is 0.239 e. The van der Waals surface area contributed by atoms with Crippen LogP contribution in [0.15, 0.2) is 5.10 Å². The van der Waals surface area contributed by atoms with Crippen molar-refractivity contribution in [2.24, 2.45) is 5.10 Å². The molecule has 1 rings (SSSR count). The van der Waals surface area contributed by atoms with Crippen molar-refractivity contribution in [3.63, 3.8) is 0 Å². The minimum Gasteiger partial charge on any atom is -0.313 e. The zero-order valence-electron chi connectivity index (χ0n) is 7.13. The molecule has 0 aromatic carbocycles. The van der Waals surface area contributed by atoms with E-state index in [1.807, 2.05) is 0 Å². The van der Waals surface area contributed by atoms with Crippen LogP contribution in [0.3, 0.4) is 0 Å². The third kappa shape index (κ3) is 2.05. The van der Waals surface area contributed by atoms with Gasteiger partial charge in [-0.25, -0.2) is 5.01 Å². The van der Waals surface area contributed by atoms with E-state index in [0.29, 0.717) is 18.8 Å². The molecule has 0 aromatic rings. The van der Waals surface area contributed by atoms with Crippen LogP contribution in [0.25, 0.3) is 0 Å². The monoisotopic (exact) mass is 169 g/mol. The number of nitrogens with zero attached hydrogens (tertiary/aromatic N) is 2. The van der Waals surface area contributed by atoms with Crippen molar-refractivity contribution in [1.29, 1.82) is 0 Å². The van der Waals surface area contributed by atoms with Crippen LogP contribution >= 0.6 is 0 Å². The van der Waals surface area contributed by atoms with Crippen molar-refractivity contribution in [2.75, 3.05) is 6.54 Å². The molecular formula is C7H11N3O2. The number of nitrogens with one attached hydrogen (secondary N) is 1. The third-order valence-corrected chi connectivity index (χ3v) is 1.49. The number of rotatable bonds is 0. The molecule has 66 valence electrons. The Morgan fingerprint density at radius 1 is 1.50 bits per heavy atom. The van der Waals surface area contributed by atoms with Crippen molar-refractivity contribution in [1.82, 2.24) is 10.3 Å². The Morgan fingerprint density at radius 3 is 2.58 bits per heavy atom. The van der Waals surface area contributed by atoms with Gasteiger partial charge in [0.2, 0.25) is 11.8 Å². The van der Waals surface area contributed by atoms with Gasteiger partial charge in [-0.15, -0.1) is 0 Å². The van der Waals surface area contributed by atoms with Gasteiger partial charge in [-0.05, 0) is 0 Å². The second-order valence-corrected chi connectivity index (χ2v) is 2.62. The lowest BCUT2D eigenvalue weighted by molar-refractivity contribution is -0.128. The second-order valence-electron chi connectivity index (χ2n) is 2.62. The van der Waals surface area contributed by atoms with E-state index in [1.165, 1.54) is 18.9 Å². The summed E-state index contributed by atoms with van der Waals surface area (Å²) in [5.74, 6) is 0.312. The Labute approximate surface area is 70.4 Å². The summed E-state index contributed by atoms with van der Waals surface area (Å²) in [6.45, 7) is 3.42. The highest BCUT2D eigenvalue weighted by Crippen LogP contribution is 2.03. The SMILES string of the molecule is CC(=O)NC1=NN(C(C)=O)CC1. The number of carbonyl (C=O) groups is 2. The molecule has 0 radical (unpaired) electrons. The maximum atomic E-state index is 10.8. The van der Waals surface area contributed by atoms with Crippen LogP contribution < -0.4 is 5.32 Å². The first-order valence-electron chi connectivity index (χ1n) is 3.73. The van der Waals surface area contributed by atoms with Gasteiger partial charge in [0.25, 0.3) is 0 Å². The molecule has 5 nitrogen and oxygen atoms in total. The van der Waals surface area contributed by atoms with Gasteiger partial charge in [0.05, 0.1) is 6.54 Å². The van der Waals surface area contributed by atoms with Crippen molar-refractivity contribution in [2.45, 2.75) is 20.3 Å². The molecule has 0 bridgehead atoms. The van der Waals surface area contributed by atoms with Crippen LogP contribution in [-0.2, 0) is 9.59 Å². The Hall–Kier alpha value is -1.39. The van der Waals surface area contributed by atoms with Gasteiger partial charge in [0, 0.05) is 20.3 Å². The molecule has 1 N–H and O–H groups in total. The van der Waals surface area contributed by atoms with E-state index in [9.17, 15) is 9.59 Å². The summed E-state index contributed by atoms with van der Waals surface area (Å²) < 4.78 is 0. The first-order chi connectivity index (χ1) is 5.59. The number of amidine groups is 1. The topological polar surface area (TPSA) is 61.8 Å². The van der Waals surface area contributed by atoms with Gasteiger partial charge in [-0.1, -0.05) is 0 Å². The molecule has 1 aliphatic rings. The lowest BCUT2D eigenvalue weighted by Gasteiger charge is -2.05. The van der Waals surface area contributed by atoms with Gasteiger partial charge in [0.15, 0.2) is 0 Å². The Kier molecular flexibility index (Phi) is 2.42. The maximum absolute atomic E-state index is 10.8. The molecule has 0 aliphatic carbocycles. The lowest BCUT2D eigenvalue weighted by Crippen LogP contribution is -2.26. The molecule has 0 spiro atoms.